The highest BCUT2D eigenvalue weighted by Crippen LogP contribution is 2.29. The second kappa shape index (κ2) is 11.0. The Balaban J connectivity index is 1.22. The predicted molar refractivity (Wildman–Crippen MR) is 146 cm³/mol. The van der Waals surface area contributed by atoms with Crippen molar-refractivity contribution in [1.29, 1.82) is 5.26 Å². The Labute approximate surface area is 219 Å². The average Bonchev–Trinajstić information content (AvgIpc) is 2.95. The molecule has 1 amide bonds. The van der Waals surface area contributed by atoms with E-state index < -0.39 is 0 Å². The number of nitriles is 1. The monoisotopic (exact) mass is 494 g/mol. The van der Waals surface area contributed by atoms with Crippen LogP contribution in [0.5, 0.6) is 0 Å². The van der Waals surface area contributed by atoms with Gasteiger partial charge in [-0.1, -0.05) is 18.2 Å². The minimum absolute atomic E-state index is 0.125. The molecule has 0 spiro atoms. The fourth-order valence-corrected chi connectivity index (χ4v) is 5.65. The molecule has 0 unspecified atom stereocenters. The third kappa shape index (κ3) is 5.43. The zero-order valence-electron chi connectivity index (χ0n) is 21.7. The Hall–Kier alpha value is -3.92. The maximum Gasteiger partial charge on any atom is 0.254 e. The Morgan fingerprint density at radius 2 is 1.70 bits per heavy atom. The zero-order valence-corrected chi connectivity index (χ0v) is 21.7. The van der Waals surface area contributed by atoms with Crippen LogP contribution >= 0.6 is 0 Å². The summed E-state index contributed by atoms with van der Waals surface area (Å²) in [5.74, 6) is 1.57. The number of aryl methyl sites for hydroxylation is 2. The van der Waals surface area contributed by atoms with E-state index in [1.807, 2.05) is 48.2 Å². The number of rotatable bonds is 5. The van der Waals surface area contributed by atoms with Gasteiger partial charge in [-0.25, -0.2) is 0 Å². The molecule has 2 fully saturated rings. The number of hydrogen-bond donors (Lipinski definition) is 0. The van der Waals surface area contributed by atoms with E-state index in [1.165, 1.54) is 11.1 Å². The van der Waals surface area contributed by atoms with Gasteiger partial charge in [0.05, 0.1) is 11.3 Å². The Morgan fingerprint density at radius 3 is 2.41 bits per heavy atom. The van der Waals surface area contributed by atoms with Gasteiger partial charge in [0.25, 0.3) is 5.91 Å². The summed E-state index contributed by atoms with van der Waals surface area (Å²) < 4.78 is 0. The van der Waals surface area contributed by atoms with Crippen LogP contribution in [0.25, 0.3) is 0 Å². The maximum atomic E-state index is 13.5. The summed E-state index contributed by atoms with van der Waals surface area (Å²) >= 11 is 0. The van der Waals surface area contributed by atoms with Crippen molar-refractivity contribution in [3.63, 3.8) is 0 Å². The molecule has 2 aromatic carbocycles. The SMILES string of the molecule is Cc1cc(C)c(C(=O)N2CCN(c3cccnn3)CC2)cc1CC1CCN(c2ccccc2C#N)CC1. The van der Waals surface area contributed by atoms with E-state index >= 15 is 0 Å². The lowest BCUT2D eigenvalue weighted by Gasteiger charge is -2.35. The summed E-state index contributed by atoms with van der Waals surface area (Å²) in [6.45, 7) is 9.00. The zero-order chi connectivity index (χ0) is 25.8. The van der Waals surface area contributed by atoms with Gasteiger partial charge in [-0.3, -0.25) is 4.79 Å². The van der Waals surface area contributed by atoms with E-state index in [0.29, 0.717) is 19.0 Å². The minimum atomic E-state index is 0.125. The molecular weight excluding hydrogens is 460 g/mol. The van der Waals surface area contributed by atoms with Gasteiger partial charge in [0.15, 0.2) is 5.82 Å². The van der Waals surface area contributed by atoms with Crippen molar-refractivity contribution in [1.82, 2.24) is 15.1 Å². The van der Waals surface area contributed by atoms with Gasteiger partial charge in [0.1, 0.15) is 6.07 Å². The average molecular weight is 495 g/mol. The molecule has 2 aliphatic heterocycles. The highest BCUT2D eigenvalue weighted by atomic mass is 16.2. The molecule has 0 radical (unpaired) electrons. The van der Waals surface area contributed by atoms with E-state index in [4.69, 9.17) is 0 Å². The number of hydrogen-bond acceptors (Lipinski definition) is 6. The fourth-order valence-electron chi connectivity index (χ4n) is 5.65. The molecule has 3 heterocycles. The van der Waals surface area contributed by atoms with Gasteiger partial charge in [-0.05, 0) is 86.1 Å². The highest BCUT2D eigenvalue weighted by Gasteiger charge is 2.26. The van der Waals surface area contributed by atoms with Crippen LogP contribution in [0.15, 0.2) is 54.7 Å². The number of benzene rings is 2. The summed E-state index contributed by atoms with van der Waals surface area (Å²) in [4.78, 5) is 20.0. The summed E-state index contributed by atoms with van der Waals surface area (Å²) in [5.41, 5.74) is 6.21. The molecule has 7 heteroatoms. The first kappa shape index (κ1) is 24.8. The number of para-hydroxylation sites is 1. The van der Waals surface area contributed by atoms with Crippen molar-refractivity contribution in [2.45, 2.75) is 33.1 Å². The molecule has 0 N–H and O–H groups in total. The van der Waals surface area contributed by atoms with Crippen molar-refractivity contribution in [3.05, 3.63) is 82.5 Å². The third-order valence-electron chi connectivity index (χ3n) is 7.85. The number of piperidine rings is 1. The Kier molecular flexibility index (Phi) is 7.36. The maximum absolute atomic E-state index is 13.5. The smallest absolute Gasteiger partial charge is 0.254 e. The van der Waals surface area contributed by atoms with Gasteiger partial charge < -0.3 is 14.7 Å². The third-order valence-corrected chi connectivity index (χ3v) is 7.85. The van der Waals surface area contributed by atoms with Crippen LogP contribution in [0.3, 0.4) is 0 Å². The van der Waals surface area contributed by atoms with Crippen molar-refractivity contribution < 1.29 is 4.79 Å². The van der Waals surface area contributed by atoms with E-state index in [1.54, 1.807) is 6.20 Å². The number of piperazine rings is 1. The van der Waals surface area contributed by atoms with Gasteiger partial charge in [0, 0.05) is 51.0 Å². The molecule has 0 atom stereocenters. The topological polar surface area (TPSA) is 76.4 Å². The molecule has 3 aromatic rings. The predicted octanol–water partition coefficient (Wildman–Crippen LogP) is 4.39. The molecule has 2 saturated heterocycles. The van der Waals surface area contributed by atoms with E-state index in [0.717, 1.165) is 73.6 Å². The number of carbonyl (C=O) groups is 1. The lowest BCUT2D eigenvalue weighted by atomic mass is 9.86. The van der Waals surface area contributed by atoms with Gasteiger partial charge in [0.2, 0.25) is 0 Å². The van der Waals surface area contributed by atoms with E-state index in [2.05, 4.69) is 45.1 Å². The van der Waals surface area contributed by atoms with Crippen molar-refractivity contribution in [3.8, 4) is 6.07 Å². The molecule has 2 aliphatic rings. The first-order valence-corrected chi connectivity index (χ1v) is 13.2. The first-order valence-electron chi connectivity index (χ1n) is 13.2. The molecule has 190 valence electrons. The van der Waals surface area contributed by atoms with Gasteiger partial charge >= 0.3 is 0 Å². The second-order valence-electron chi connectivity index (χ2n) is 10.2. The molecule has 0 saturated carbocycles. The molecule has 5 rings (SSSR count). The Morgan fingerprint density at radius 1 is 0.946 bits per heavy atom. The number of amides is 1. The number of nitrogens with zero attached hydrogens (tertiary/aromatic N) is 6. The quantitative estimate of drug-likeness (QED) is 0.524. The van der Waals surface area contributed by atoms with Gasteiger partial charge in [-0.2, -0.15) is 10.4 Å². The van der Waals surface area contributed by atoms with E-state index in [-0.39, 0.29) is 5.91 Å². The first-order chi connectivity index (χ1) is 18.0. The van der Waals surface area contributed by atoms with Crippen LogP contribution < -0.4 is 9.80 Å². The minimum Gasteiger partial charge on any atom is -0.370 e. The van der Waals surface area contributed by atoms with Crippen LogP contribution in [-0.2, 0) is 6.42 Å². The molecule has 1 aromatic heterocycles. The summed E-state index contributed by atoms with van der Waals surface area (Å²) in [6.07, 6.45) is 4.83. The number of carbonyl (C=O) groups excluding carboxylic acids is 1. The van der Waals surface area contributed by atoms with Crippen LogP contribution in [0.4, 0.5) is 11.5 Å². The van der Waals surface area contributed by atoms with Crippen LogP contribution in [0, 0.1) is 31.1 Å². The lowest BCUT2D eigenvalue weighted by Crippen LogP contribution is -2.49. The molecular formula is C30H34N6O. The van der Waals surface area contributed by atoms with Crippen molar-refractivity contribution in [2.24, 2.45) is 5.92 Å². The summed E-state index contributed by atoms with van der Waals surface area (Å²) in [5, 5.41) is 17.6. The van der Waals surface area contributed by atoms with Crippen molar-refractivity contribution >= 4 is 17.4 Å². The molecule has 37 heavy (non-hydrogen) atoms. The van der Waals surface area contributed by atoms with Crippen LogP contribution in [0.2, 0.25) is 0 Å². The molecule has 0 aliphatic carbocycles. The second-order valence-corrected chi connectivity index (χ2v) is 10.2. The number of anilines is 2. The van der Waals surface area contributed by atoms with Crippen molar-refractivity contribution in [2.75, 3.05) is 49.1 Å². The summed E-state index contributed by atoms with van der Waals surface area (Å²) in [7, 11) is 0. The van der Waals surface area contributed by atoms with Crippen LogP contribution in [-0.4, -0.2) is 60.3 Å². The molecule has 7 nitrogen and oxygen atoms in total. The largest absolute Gasteiger partial charge is 0.370 e. The van der Waals surface area contributed by atoms with Crippen LogP contribution in [0.1, 0.15) is 45.5 Å². The normalized spacial score (nSPS) is 16.5. The Bertz CT molecular complexity index is 1290. The van der Waals surface area contributed by atoms with E-state index in [9.17, 15) is 10.1 Å². The fraction of sp³-hybridized carbons (Fsp3) is 0.400. The van der Waals surface area contributed by atoms with Gasteiger partial charge in [-0.15, -0.1) is 5.10 Å². The standard InChI is InChI=1S/C30H34N6O/c1-22-18-23(2)27(30(37)36-16-14-35(15-17-36)29-8-5-11-32-33-29)20-26(22)19-24-9-12-34(13-10-24)28-7-4-3-6-25(28)21-31/h3-8,11,18,20,24H,9-10,12-17,19H2,1-2H3. The summed E-state index contributed by atoms with van der Waals surface area (Å²) in [6, 6.07) is 18.4. The highest BCUT2D eigenvalue weighted by molar-refractivity contribution is 5.96. The lowest BCUT2D eigenvalue weighted by molar-refractivity contribution is 0.0745. The number of aromatic nitrogens is 2. The molecule has 0 bridgehead atoms.